The SMILES string of the molecule is Cc1ccc(Cn2nnnc2C[NH+]2CCC(O)(c3ccc(F)cc3)CC2)cc1. The molecule has 0 saturated carbocycles. The van der Waals surface area contributed by atoms with Crippen LogP contribution in [-0.4, -0.2) is 38.4 Å². The Morgan fingerprint density at radius 2 is 1.75 bits per heavy atom. The summed E-state index contributed by atoms with van der Waals surface area (Å²) in [6.07, 6.45) is 1.26. The fraction of sp³-hybridized carbons (Fsp3) is 0.381. The summed E-state index contributed by atoms with van der Waals surface area (Å²) < 4.78 is 15.0. The summed E-state index contributed by atoms with van der Waals surface area (Å²) in [4.78, 5) is 1.34. The van der Waals surface area contributed by atoms with Crippen molar-refractivity contribution in [2.45, 2.75) is 38.5 Å². The molecule has 28 heavy (non-hydrogen) atoms. The molecule has 1 fully saturated rings. The normalized spacial score (nSPS) is 22.3. The van der Waals surface area contributed by atoms with Gasteiger partial charge in [0.15, 0.2) is 0 Å². The van der Waals surface area contributed by atoms with Gasteiger partial charge in [-0.05, 0) is 40.6 Å². The number of aromatic nitrogens is 4. The van der Waals surface area contributed by atoms with Crippen LogP contribution in [0.3, 0.4) is 0 Å². The van der Waals surface area contributed by atoms with E-state index in [2.05, 4.69) is 46.7 Å². The fourth-order valence-corrected chi connectivity index (χ4v) is 3.81. The van der Waals surface area contributed by atoms with Crippen LogP contribution in [0.4, 0.5) is 4.39 Å². The van der Waals surface area contributed by atoms with E-state index in [0.29, 0.717) is 19.4 Å². The largest absolute Gasteiger partial charge is 0.385 e. The molecule has 2 aromatic carbocycles. The van der Waals surface area contributed by atoms with Crippen LogP contribution in [0.25, 0.3) is 0 Å². The molecule has 1 aliphatic heterocycles. The molecule has 0 radical (unpaired) electrons. The van der Waals surface area contributed by atoms with Gasteiger partial charge in [0, 0.05) is 12.8 Å². The summed E-state index contributed by atoms with van der Waals surface area (Å²) in [5.41, 5.74) is 2.30. The molecule has 4 rings (SSSR count). The first kappa shape index (κ1) is 18.7. The number of halogens is 1. The Hall–Kier alpha value is -2.64. The molecule has 6 nitrogen and oxygen atoms in total. The lowest BCUT2D eigenvalue weighted by Crippen LogP contribution is -3.12. The van der Waals surface area contributed by atoms with Gasteiger partial charge in [0.05, 0.1) is 19.6 Å². The maximum absolute atomic E-state index is 13.2. The molecule has 0 spiro atoms. The lowest BCUT2D eigenvalue weighted by atomic mass is 9.84. The predicted octanol–water partition coefficient (Wildman–Crippen LogP) is 1.24. The zero-order chi connectivity index (χ0) is 19.6. The number of aliphatic hydroxyl groups is 1. The van der Waals surface area contributed by atoms with Gasteiger partial charge in [-0.2, -0.15) is 0 Å². The van der Waals surface area contributed by atoms with Crippen LogP contribution in [0, 0.1) is 12.7 Å². The van der Waals surface area contributed by atoms with Crippen molar-refractivity contribution < 1.29 is 14.4 Å². The Labute approximate surface area is 163 Å². The van der Waals surface area contributed by atoms with Gasteiger partial charge in [0.2, 0.25) is 5.82 Å². The monoisotopic (exact) mass is 382 g/mol. The smallest absolute Gasteiger partial charge is 0.206 e. The van der Waals surface area contributed by atoms with Gasteiger partial charge in [0.1, 0.15) is 18.0 Å². The molecule has 0 bridgehead atoms. The van der Waals surface area contributed by atoms with Crippen molar-refractivity contribution in [3.63, 3.8) is 0 Å². The Kier molecular flexibility index (Phi) is 5.19. The number of benzene rings is 2. The third-order valence-electron chi connectivity index (χ3n) is 5.63. The molecule has 7 heteroatoms. The first-order valence-electron chi connectivity index (χ1n) is 9.64. The zero-order valence-corrected chi connectivity index (χ0v) is 16.0. The second-order valence-electron chi connectivity index (χ2n) is 7.70. The molecule has 0 atom stereocenters. The first-order chi connectivity index (χ1) is 13.5. The number of rotatable bonds is 5. The zero-order valence-electron chi connectivity index (χ0n) is 16.0. The van der Waals surface area contributed by atoms with Crippen molar-refractivity contribution in [2.24, 2.45) is 0 Å². The maximum atomic E-state index is 13.2. The van der Waals surface area contributed by atoms with Crippen molar-refractivity contribution >= 4 is 0 Å². The van der Waals surface area contributed by atoms with Crippen LogP contribution in [0.1, 0.15) is 35.4 Å². The number of piperidine rings is 1. The van der Waals surface area contributed by atoms with Crippen molar-refractivity contribution in [1.82, 2.24) is 20.2 Å². The quantitative estimate of drug-likeness (QED) is 0.697. The molecule has 146 valence electrons. The number of tetrazole rings is 1. The van der Waals surface area contributed by atoms with Crippen LogP contribution in [-0.2, 0) is 18.7 Å². The van der Waals surface area contributed by atoms with E-state index in [4.69, 9.17) is 0 Å². The number of likely N-dealkylation sites (tertiary alicyclic amines) is 1. The van der Waals surface area contributed by atoms with Crippen LogP contribution in [0.5, 0.6) is 0 Å². The van der Waals surface area contributed by atoms with E-state index in [1.165, 1.54) is 28.2 Å². The molecule has 1 saturated heterocycles. The van der Waals surface area contributed by atoms with Crippen molar-refractivity contribution in [3.8, 4) is 0 Å². The Balaban J connectivity index is 1.38. The average molecular weight is 382 g/mol. The Morgan fingerprint density at radius 1 is 1.07 bits per heavy atom. The van der Waals surface area contributed by atoms with Gasteiger partial charge >= 0.3 is 0 Å². The van der Waals surface area contributed by atoms with E-state index >= 15 is 0 Å². The third-order valence-corrected chi connectivity index (χ3v) is 5.63. The van der Waals surface area contributed by atoms with Crippen molar-refractivity contribution in [2.75, 3.05) is 13.1 Å². The van der Waals surface area contributed by atoms with Gasteiger partial charge in [-0.3, -0.25) is 0 Å². The number of hydrogen-bond donors (Lipinski definition) is 2. The van der Waals surface area contributed by atoms with Gasteiger partial charge in [-0.1, -0.05) is 42.0 Å². The van der Waals surface area contributed by atoms with Crippen LogP contribution in [0.2, 0.25) is 0 Å². The number of nitrogens with one attached hydrogen (secondary N) is 1. The number of hydrogen-bond acceptors (Lipinski definition) is 4. The summed E-state index contributed by atoms with van der Waals surface area (Å²) in [5, 5.41) is 23.2. The van der Waals surface area contributed by atoms with Crippen LogP contribution < -0.4 is 4.90 Å². The van der Waals surface area contributed by atoms with Gasteiger partial charge < -0.3 is 10.0 Å². The highest BCUT2D eigenvalue weighted by Crippen LogP contribution is 2.29. The van der Waals surface area contributed by atoms with E-state index in [1.54, 1.807) is 12.1 Å². The minimum atomic E-state index is -0.884. The highest BCUT2D eigenvalue weighted by Gasteiger charge is 2.36. The molecule has 3 aromatic rings. The molecule has 0 unspecified atom stereocenters. The molecule has 1 aliphatic rings. The maximum Gasteiger partial charge on any atom is 0.206 e. The van der Waals surface area contributed by atoms with E-state index in [9.17, 15) is 9.50 Å². The standard InChI is InChI=1S/C21H24FN5O/c1-16-2-4-17(5-3-16)14-27-20(23-24-25-27)15-26-12-10-21(28,11-13-26)18-6-8-19(22)9-7-18/h2-9,28H,10-15H2,1H3/p+1. The molecule has 1 aromatic heterocycles. The van der Waals surface area contributed by atoms with E-state index in [-0.39, 0.29) is 5.82 Å². The van der Waals surface area contributed by atoms with E-state index in [1.807, 2.05) is 4.68 Å². The summed E-state index contributed by atoms with van der Waals surface area (Å²) >= 11 is 0. The summed E-state index contributed by atoms with van der Waals surface area (Å²) in [6.45, 7) is 5.06. The Morgan fingerprint density at radius 3 is 2.43 bits per heavy atom. The lowest BCUT2D eigenvalue weighted by Gasteiger charge is -2.36. The third kappa shape index (κ3) is 4.10. The number of aryl methyl sites for hydroxylation is 1. The Bertz CT molecular complexity index is 915. The molecular weight excluding hydrogens is 357 g/mol. The van der Waals surface area contributed by atoms with Crippen LogP contribution in [0.15, 0.2) is 48.5 Å². The molecule has 2 heterocycles. The van der Waals surface area contributed by atoms with E-state index < -0.39 is 5.60 Å². The minimum Gasteiger partial charge on any atom is -0.385 e. The molecular formula is C21H25FN5O+. The van der Waals surface area contributed by atoms with Gasteiger partial charge in [0.25, 0.3) is 0 Å². The van der Waals surface area contributed by atoms with Crippen LogP contribution >= 0.6 is 0 Å². The average Bonchev–Trinajstić information content (AvgIpc) is 3.13. The second-order valence-corrected chi connectivity index (χ2v) is 7.70. The highest BCUT2D eigenvalue weighted by molar-refractivity contribution is 5.23. The van der Waals surface area contributed by atoms with Gasteiger partial charge in [-0.15, -0.1) is 5.10 Å². The van der Waals surface area contributed by atoms with Gasteiger partial charge in [-0.25, -0.2) is 9.07 Å². The van der Waals surface area contributed by atoms with Crippen molar-refractivity contribution in [3.05, 3.63) is 76.9 Å². The first-order valence-corrected chi connectivity index (χ1v) is 9.64. The molecule has 2 N–H and O–H groups in total. The summed E-state index contributed by atoms with van der Waals surface area (Å²) in [7, 11) is 0. The molecule has 0 amide bonds. The number of quaternary nitrogens is 1. The fourth-order valence-electron chi connectivity index (χ4n) is 3.81. The highest BCUT2D eigenvalue weighted by atomic mass is 19.1. The topological polar surface area (TPSA) is 68.3 Å². The predicted molar refractivity (Wildman–Crippen MR) is 102 cm³/mol. The summed E-state index contributed by atoms with van der Waals surface area (Å²) in [6, 6.07) is 14.5. The minimum absolute atomic E-state index is 0.282. The second kappa shape index (κ2) is 7.77. The molecule has 0 aliphatic carbocycles. The van der Waals surface area contributed by atoms with E-state index in [0.717, 1.165) is 31.0 Å². The lowest BCUT2D eigenvalue weighted by molar-refractivity contribution is -0.922. The number of nitrogens with zero attached hydrogens (tertiary/aromatic N) is 4. The van der Waals surface area contributed by atoms with Crippen molar-refractivity contribution in [1.29, 1.82) is 0 Å². The summed E-state index contributed by atoms with van der Waals surface area (Å²) in [5.74, 6) is 0.568.